The molecule has 2 heterocycles. The second-order valence-electron chi connectivity index (χ2n) is 5.81. The van der Waals surface area contributed by atoms with Gasteiger partial charge in [0.05, 0.1) is 11.1 Å². The minimum Gasteiger partial charge on any atom is -0.507 e. The van der Waals surface area contributed by atoms with Crippen molar-refractivity contribution in [2.45, 2.75) is 26.3 Å². The summed E-state index contributed by atoms with van der Waals surface area (Å²) in [5, 5.41) is 11.1. The zero-order valence-electron chi connectivity index (χ0n) is 11.7. The van der Waals surface area contributed by atoms with Crippen molar-refractivity contribution < 1.29 is 5.11 Å². The van der Waals surface area contributed by atoms with Gasteiger partial charge in [-0.05, 0) is 37.4 Å². The number of pyridine rings is 1. The summed E-state index contributed by atoms with van der Waals surface area (Å²) in [6.07, 6.45) is 2.41. The molecule has 1 atom stereocenters. The number of H-pyrrole nitrogens is 1. The maximum atomic E-state index is 12.2. The first-order chi connectivity index (χ1) is 9.65. The van der Waals surface area contributed by atoms with Gasteiger partial charge in [0.15, 0.2) is 0 Å². The SMILES string of the molecule is C[C@H]1CCCN(Cc2c(O)c3ccccc3[nH]c2=O)C1. The molecular formula is C16H20N2O2. The molecule has 2 aromatic rings. The van der Waals surface area contributed by atoms with Crippen LogP contribution in [-0.2, 0) is 6.54 Å². The van der Waals surface area contributed by atoms with E-state index in [1.54, 1.807) is 0 Å². The summed E-state index contributed by atoms with van der Waals surface area (Å²) < 4.78 is 0. The van der Waals surface area contributed by atoms with Crippen LogP contribution in [0.4, 0.5) is 0 Å². The van der Waals surface area contributed by atoms with E-state index >= 15 is 0 Å². The van der Waals surface area contributed by atoms with Gasteiger partial charge in [0.1, 0.15) is 5.75 Å². The van der Waals surface area contributed by atoms with Crippen LogP contribution < -0.4 is 5.56 Å². The second-order valence-corrected chi connectivity index (χ2v) is 5.81. The summed E-state index contributed by atoms with van der Waals surface area (Å²) in [7, 11) is 0. The third-order valence-electron chi connectivity index (χ3n) is 4.11. The van der Waals surface area contributed by atoms with Gasteiger partial charge >= 0.3 is 0 Å². The Balaban J connectivity index is 1.97. The van der Waals surface area contributed by atoms with E-state index in [9.17, 15) is 9.90 Å². The average Bonchev–Trinajstić information content (AvgIpc) is 2.43. The highest BCUT2D eigenvalue weighted by molar-refractivity contribution is 5.85. The maximum Gasteiger partial charge on any atom is 0.256 e. The van der Waals surface area contributed by atoms with Crippen molar-refractivity contribution in [1.82, 2.24) is 9.88 Å². The van der Waals surface area contributed by atoms with E-state index in [4.69, 9.17) is 0 Å². The third-order valence-corrected chi connectivity index (χ3v) is 4.11. The highest BCUT2D eigenvalue weighted by Gasteiger charge is 2.20. The van der Waals surface area contributed by atoms with Gasteiger partial charge in [0.2, 0.25) is 0 Å². The van der Waals surface area contributed by atoms with Gasteiger partial charge in [-0.15, -0.1) is 0 Å². The molecule has 0 radical (unpaired) electrons. The lowest BCUT2D eigenvalue weighted by Crippen LogP contribution is -2.35. The van der Waals surface area contributed by atoms with Gasteiger partial charge in [-0.3, -0.25) is 9.69 Å². The predicted molar refractivity (Wildman–Crippen MR) is 79.9 cm³/mol. The smallest absolute Gasteiger partial charge is 0.256 e. The lowest BCUT2D eigenvalue weighted by Gasteiger charge is -2.30. The average molecular weight is 272 g/mol. The summed E-state index contributed by atoms with van der Waals surface area (Å²) >= 11 is 0. The van der Waals surface area contributed by atoms with Gasteiger partial charge in [0.25, 0.3) is 5.56 Å². The molecule has 2 N–H and O–H groups in total. The Labute approximate surface area is 118 Å². The maximum absolute atomic E-state index is 12.2. The lowest BCUT2D eigenvalue weighted by molar-refractivity contribution is 0.174. The van der Waals surface area contributed by atoms with Crippen LogP contribution in [0.1, 0.15) is 25.3 Å². The molecular weight excluding hydrogens is 252 g/mol. The Kier molecular flexibility index (Phi) is 3.49. The van der Waals surface area contributed by atoms with Crippen molar-refractivity contribution in [3.63, 3.8) is 0 Å². The number of hydrogen-bond acceptors (Lipinski definition) is 3. The van der Waals surface area contributed by atoms with Gasteiger partial charge in [-0.2, -0.15) is 0 Å². The molecule has 0 bridgehead atoms. The summed E-state index contributed by atoms with van der Waals surface area (Å²) in [5.74, 6) is 0.785. The van der Waals surface area contributed by atoms with Gasteiger partial charge in [0, 0.05) is 18.5 Å². The molecule has 4 heteroatoms. The third kappa shape index (κ3) is 2.43. The number of benzene rings is 1. The Hall–Kier alpha value is -1.81. The van der Waals surface area contributed by atoms with Gasteiger partial charge in [-0.25, -0.2) is 0 Å². The van der Waals surface area contributed by atoms with Gasteiger partial charge in [-0.1, -0.05) is 19.1 Å². The van der Waals surface area contributed by atoms with E-state index in [1.807, 2.05) is 24.3 Å². The fraction of sp³-hybridized carbons (Fsp3) is 0.438. The lowest BCUT2D eigenvalue weighted by atomic mass is 9.99. The van der Waals surface area contributed by atoms with E-state index in [0.29, 0.717) is 28.9 Å². The fourth-order valence-electron chi connectivity index (χ4n) is 3.07. The molecule has 20 heavy (non-hydrogen) atoms. The van der Waals surface area contributed by atoms with Crippen LogP contribution in [0.3, 0.4) is 0 Å². The summed E-state index contributed by atoms with van der Waals surface area (Å²) in [6.45, 7) is 4.74. The quantitative estimate of drug-likeness (QED) is 0.883. The van der Waals surface area contributed by atoms with Crippen LogP contribution in [0.2, 0.25) is 0 Å². The van der Waals surface area contributed by atoms with Gasteiger partial charge < -0.3 is 10.1 Å². The topological polar surface area (TPSA) is 56.3 Å². The largest absolute Gasteiger partial charge is 0.507 e. The van der Waals surface area contributed by atoms with Crippen molar-refractivity contribution in [3.8, 4) is 5.75 Å². The predicted octanol–water partition coefficient (Wildman–Crippen LogP) is 2.47. The summed E-state index contributed by atoms with van der Waals surface area (Å²) in [4.78, 5) is 17.3. The van der Waals surface area contributed by atoms with E-state index in [-0.39, 0.29) is 11.3 Å². The highest BCUT2D eigenvalue weighted by atomic mass is 16.3. The van der Waals surface area contributed by atoms with Crippen LogP contribution in [0, 0.1) is 5.92 Å². The number of hydrogen-bond donors (Lipinski definition) is 2. The molecule has 3 rings (SSSR count). The fourth-order valence-corrected chi connectivity index (χ4v) is 3.07. The summed E-state index contributed by atoms with van der Waals surface area (Å²) in [6, 6.07) is 7.36. The standard InChI is InChI=1S/C16H20N2O2/c1-11-5-4-8-18(9-11)10-13-15(19)12-6-2-3-7-14(12)17-16(13)20/h2-3,6-7,11H,4-5,8-10H2,1H3,(H2,17,19,20)/t11-/m0/s1. The van der Waals surface area contributed by atoms with Crippen LogP contribution >= 0.6 is 0 Å². The zero-order chi connectivity index (χ0) is 14.1. The van der Waals surface area contributed by atoms with Crippen LogP contribution in [-0.4, -0.2) is 28.1 Å². The molecule has 4 nitrogen and oxygen atoms in total. The highest BCUT2D eigenvalue weighted by Crippen LogP contribution is 2.26. The zero-order valence-corrected chi connectivity index (χ0v) is 11.7. The van der Waals surface area contributed by atoms with Crippen molar-refractivity contribution in [2.24, 2.45) is 5.92 Å². The molecule has 1 fully saturated rings. The number of nitrogens with one attached hydrogen (secondary N) is 1. The number of aromatic hydroxyl groups is 1. The van der Waals surface area contributed by atoms with Crippen molar-refractivity contribution in [1.29, 1.82) is 0 Å². The number of para-hydroxylation sites is 1. The van der Waals surface area contributed by atoms with Crippen LogP contribution in [0.15, 0.2) is 29.1 Å². The molecule has 0 saturated carbocycles. The van der Waals surface area contributed by atoms with Crippen molar-refractivity contribution in [3.05, 3.63) is 40.2 Å². The number of likely N-dealkylation sites (tertiary alicyclic amines) is 1. The monoisotopic (exact) mass is 272 g/mol. The Morgan fingerprint density at radius 1 is 1.40 bits per heavy atom. The number of piperidine rings is 1. The van der Waals surface area contributed by atoms with Crippen molar-refractivity contribution in [2.75, 3.05) is 13.1 Å². The molecule has 1 aliphatic rings. The molecule has 1 saturated heterocycles. The minimum absolute atomic E-state index is 0.127. The normalized spacial score (nSPS) is 20.4. The molecule has 0 spiro atoms. The molecule has 0 unspecified atom stereocenters. The molecule has 0 amide bonds. The Morgan fingerprint density at radius 3 is 3.00 bits per heavy atom. The first-order valence-corrected chi connectivity index (χ1v) is 7.20. The molecule has 1 aliphatic heterocycles. The summed E-state index contributed by atoms with van der Waals surface area (Å²) in [5.41, 5.74) is 0.989. The molecule has 106 valence electrons. The number of nitrogens with zero attached hydrogens (tertiary/aromatic N) is 1. The first-order valence-electron chi connectivity index (χ1n) is 7.20. The van der Waals surface area contributed by atoms with E-state index in [0.717, 1.165) is 19.5 Å². The molecule has 1 aromatic carbocycles. The van der Waals surface area contributed by atoms with Crippen LogP contribution in [0.5, 0.6) is 5.75 Å². The van der Waals surface area contributed by atoms with E-state index < -0.39 is 0 Å². The second kappa shape index (κ2) is 5.29. The van der Waals surface area contributed by atoms with Crippen molar-refractivity contribution >= 4 is 10.9 Å². The Bertz CT molecular complexity index is 678. The van der Waals surface area contributed by atoms with E-state index in [1.165, 1.54) is 6.42 Å². The molecule has 0 aliphatic carbocycles. The Morgan fingerprint density at radius 2 is 2.20 bits per heavy atom. The number of aromatic amines is 1. The number of fused-ring (bicyclic) bond motifs is 1. The first kappa shape index (κ1) is 13.2. The van der Waals surface area contributed by atoms with E-state index in [2.05, 4.69) is 16.8 Å². The minimum atomic E-state index is -0.181. The molecule has 1 aromatic heterocycles. The number of rotatable bonds is 2. The number of aromatic nitrogens is 1. The van der Waals surface area contributed by atoms with Crippen LogP contribution in [0.25, 0.3) is 10.9 Å².